The number of hydrogen-bond acceptors (Lipinski definition) is 0. The fourth-order valence-corrected chi connectivity index (χ4v) is 5.50. The predicted molar refractivity (Wildman–Crippen MR) is 147 cm³/mol. The van der Waals surface area contributed by atoms with Gasteiger partial charge in [-0.2, -0.15) is 57.3 Å². The maximum Gasteiger partial charge on any atom is 0 e. The minimum absolute atomic E-state index is 0. The summed E-state index contributed by atoms with van der Waals surface area (Å²) in [5.41, 5.74) is 20.0. The summed E-state index contributed by atoms with van der Waals surface area (Å²) in [6.45, 7) is 26.5. The molecule has 36 heavy (non-hydrogen) atoms. The zero-order valence-corrected chi connectivity index (χ0v) is 29.8. The first-order valence-corrected chi connectivity index (χ1v) is 12.2. The zero-order valence-electron chi connectivity index (χ0n) is 24.2. The van der Waals surface area contributed by atoms with Crippen LogP contribution in [0.4, 0.5) is 0 Å². The van der Waals surface area contributed by atoms with Crippen molar-refractivity contribution in [2.45, 2.75) is 83.1 Å². The van der Waals surface area contributed by atoms with E-state index >= 15 is 0 Å². The van der Waals surface area contributed by atoms with Crippen molar-refractivity contribution in [3.63, 3.8) is 0 Å². The van der Waals surface area contributed by atoms with Crippen molar-refractivity contribution in [2.75, 3.05) is 0 Å². The average molecular weight is 622 g/mol. The maximum atomic E-state index is 3.79. The number of hydrogen-bond donors (Lipinski definition) is 0. The van der Waals surface area contributed by atoms with Gasteiger partial charge in [0.2, 0.25) is 0 Å². The normalized spacial score (nSPS) is 10.9. The molecular weight excluding hydrogens is 586 g/mol. The van der Waals surface area contributed by atoms with Crippen molar-refractivity contribution in [2.24, 2.45) is 0 Å². The molecule has 0 aromatic heterocycles. The summed E-state index contributed by atoms with van der Waals surface area (Å²) in [5.74, 6) is 0. The van der Waals surface area contributed by atoms with Crippen LogP contribution in [0.3, 0.4) is 0 Å². The molecule has 182 valence electrons. The quantitative estimate of drug-likeness (QED) is 0.196. The Balaban J connectivity index is 0.00000228. The summed E-state index contributed by atoms with van der Waals surface area (Å²) in [7, 11) is 0. The Morgan fingerprint density at radius 3 is 0.833 bits per heavy atom. The van der Waals surface area contributed by atoms with Crippen LogP contribution in [0.1, 0.15) is 66.8 Å². The molecule has 0 saturated heterocycles. The number of fused-ring (bicyclic) bond motifs is 1. The van der Waals surface area contributed by atoms with E-state index in [0.717, 1.165) is 0 Å². The van der Waals surface area contributed by atoms with Crippen LogP contribution in [0.2, 0.25) is 0 Å². The van der Waals surface area contributed by atoms with Crippen molar-refractivity contribution >= 4 is 10.8 Å². The van der Waals surface area contributed by atoms with Gasteiger partial charge in [-0.1, -0.05) is 83.1 Å². The van der Waals surface area contributed by atoms with Gasteiger partial charge in [-0.15, -0.1) is 33.4 Å². The Labute approximate surface area is 269 Å². The van der Waals surface area contributed by atoms with E-state index < -0.39 is 0 Å². The largest absolute Gasteiger partial charge is 0.231 e. The van der Waals surface area contributed by atoms with Crippen LogP contribution < -0.4 is 0 Å². The molecular formula is C34H36Y2-4. The van der Waals surface area contributed by atoms with Gasteiger partial charge in [0, 0.05) is 65.4 Å². The van der Waals surface area contributed by atoms with E-state index in [0.29, 0.717) is 0 Å². The first-order valence-electron chi connectivity index (χ1n) is 12.2. The Bertz CT molecular complexity index is 1390. The second-order valence-corrected chi connectivity index (χ2v) is 10.2. The molecule has 4 aromatic carbocycles. The van der Waals surface area contributed by atoms with Crippen LogP contribution in [-0.4, -0.2) is 0 Å². The third kappa shape index (κ3) is 5.02. The van der Waals surface area contributed by atoms with E-state index in [1.54, 1.807) is 0 Å². The topological polar surface area (TPSA) is 0 Å². The molecule has 4 rings (SSSR count). The molecule has 0 N–H and O–H groups in total. The molecule has 0 spiro atoms. The SMILES string of the molecule is Cc1[c-]c(-c2[c-]c(C)c3c(C)c(-c4[c-]c(C)c(C)c(C)c4C)[c-]c(C)c3c2C)c(C)c(C)c1C.[Y].[Y]. The second kappa shape index (κ2) is 11.6. The van der Waals surface area contributed by atoms with Crippen LogP contribution in [0.5, 0.6) is 0 Å². The van der Waals surface area contributed by atoms with Crippen LogP contribution in [0.25, 0.3) is 33.0 Å². The van der Waals surface area contributed by atoms with Gasteiger partial charge >= 0.3 is 0 Å². The van der Waals surface area contributed by atoms with Crippen LogP contribution in [0.15, 0.2) is 0 Å². The summed E-state index contributed by atoms with van der Waals surface area (Å²) < 4.78 is 0. The van der Waals surface area contributed by atoms with E-state index in [2.05, 4.69) is 107 Å². The van der Waals surface area contributed by atoms with E-state index in [9.17, 15) is 0 Å². The van der Waals surface area contributed by atoms with Crippen LogP contribution in [0, 0.1) is 107 Å². The molecule has 0 aliphatic carbocycles. The maximum absolute atomic E-state index is 3.79. The molecule has 0 saturated carbocycles. The van der Waals surface area contributed by atoms with Gasteiger partial charge in [0.15, 0.2) is 0 Å². The van der Waals surface area contributed by atoms with Crippen molar-refractivity contribution in [1.82, 2.24) is 0 Å². The van der Waals surface area contributed by atoms with Gasteiger partial charge in [0.05, 0.1) is 0 Å². The average Bonchev–Trinajstić information content (AvgIpc) is 2.79. The van der Waals surface area contributed by atoms with Gasteiger partial charge in [-0.3, -0.25) is 0 Å². The number of rotatable bonds is 2. The van der Waals surface area contributed by atoms with Crippen LogP contribution in [-0.2, 0) is 65.4 Å². The fourth-order valence-electron chi connectivity index (χ4n) is 5.50. The number of aryl methyl sites for hydroxylation is 6. The molecule has 0 nitrogen and oxygen atoms in total. The van der Waals surface area contributed by atoms with Gasteiger partial charge in [0.25, 0.3) is 0 Å². The second-order valence-electron chi connectivity index (χ2n) is 10.2. The molecule has 4 aromatic rings. The summed E-state index contributed by atoms with van der Waals surface area (Å²) in [4.78, 5) is 0. The van der Waals surface area contributed by atoms with E-state index in [-0.39, 0.29) is 65.4 Å². The minimum Gasteiger partial charge on any atom is -0.231 e. The van der Waals surface area contributed by atoms with Gasteiger partial charge in [-0.25, -0.2) is 33.4 Å². The Hall–Kier alpha value is -0.652. The standard InChI is InChI=1S/C34H36.2Y/c1-17-13-29(25(9)23(7)21(17)5)31-15-19(3)34-28(12)32(16-20(4)33(34)27(31)11)30-14-18(2)22(6)24(8)26(30)10;;/h1-12H3;;/q-4;;. The Morgan fingerprint density at radius 1 is 0.278 bits per heavy atom. The van der Waals surface area contributed by atoms with Crippen molar-refractivity contribution < 1.29 is 65.4 Å². The smallest absolute Gasteiger partial charge is 0 e. The first kappa shape index (κ1) is 31.6. The third-order valence-corrected chi connectivity index (χ3v) is 8.38. The monoisotopic (exact) mass is 622 g/mol. The van der Waals surface area contributed by atoms with Gasteiger partial charge < -0.3 is 0 Å². The molecule has 2 heteroatoms. The van der Waals surface area contributed by atoms with Gasteiger partial charge in [0.1, 0.15) is 0 Å². The molecule has 0 unspecified atom stereocenters. The summed E-state index contributed by atoms with van der Waals surface area (Å²) >= 11 is 0. The summed E-state index contributed by atoms with van der Waals surface area (Å²) in [6, 6.07) is 14.9. The van der Waals surface area contributed by atoms with Crippen molar-refractivity contribution in [1.29, 1.82) is 0 Å². The molecule has 0 aliphatic heterocycles. The first-order chi connectivity index (χ1) is 15.9. The minimum atomic E-state index is 0. The van der Waals surface area contributed by atoms with E-state index in [4.69, 9.17) is 0 Å². The molecule has 0 bridgehead atoms. The summed E-state index contributed by atoms with van der Waals surface area (Å²) in [5, 5.41) is 2.60. The predicted octanol–water partition coefficient (Wildman–Crippen LogP) is 9.07. The fraction of sp³-hybridized carbons (Fsp3) is 0.353. The third-order valence-electron chi connectivity index (χ3n) is 8.38. The Kier molecular flexibility index (Phi) is 10.2. The van der Waals surface area contributed by atoms with Crippen LogP contribution >= 0.6 is 0 Å². The Morgan fingerprint density at radius 2 is 0.528 bits per heavy atom. The molecule has 0 amide bonds. The molecule has 2 radical (unpaired) electrons. The van der Waals surface area contributed by atoms with E-state index in [1.165, 1.54) is 99.8 Å². The summed E-state index contributed by atoms with van der Waals surface area (Å²) in [6.07, 6.45) is 0. The molecule has 0 atom stereocenters. The molecule has 0 heterocycles. The molecule has 0 fully saturated rings. The zero-order chi connectivity index (χ0) is 25.2. The van der Waals surface area contributed by atoms with Gasteiger partial charge in [-0.05, 0) is 0 Å². The van der Waals surface area contributed by atoms with Crippen molar-refractivity contribution in [3.8, 4) is 22.3 Å². The van der Waals surface area contributed by atoms with Crippen molar-refractivity contribution in [3.05, 3.63) is 91.0 Å². The molecule has 0 aliphatic rings. The number of benzene rings is 4. The van der Waals surface area contributed by atoms with E-state index in [1.807, 2.05) is 0 Å².